The van der Waals surface area contributed by atoms with Gasteiger partial charge in [0.1, 0.15) is 0 Å². The minimum absolute atomic E-state index is 0. The second-order valence-electron chi connectivity index (χ2n) is 3.26. The van der Waals surface area contributed by atoms with Gasteiger partial charge in [-0.2, -0.15) is 8.42 Å². The van der Waals surface area contributed by atoms with E-state index in [1.165, 1.54) is 0 Å². The van der Waals surface area contributed by atoms with Crippen LogP contribution in [0, 0.1) is 0 Å². The number of nitrogens with zero attached hydrogens (tertiary/aromatic N) is 1. The average molecular weight is 254 g/mol. The van der Waals surface area contributed by atoms with Gasteiger partial charge in [-0.15, -0.1) is 12.4 Å². The molecule has 1 aliphatic rings. The molecule has 15 heavy (non-hydrogen) atoms. The summed E-state index contributed by atoms with van der Waals surface area (Å²) in [6.07, 6.45) is 9.24. The van der Waals surface area contributed by atoms with E-state index in [1.54, 1.807) is 0 Å². The van der Waals surface area contributed by atoms with Gasteiger partial charge >= 0.3 is 0 Å². The number of unbranched alkanes of at least 4 members (excludes halogenated alkanes) is 1. The van der Waals surface area contributed by atoms with Gasteiger partial charge in [0.25, 0.3) is 10.1 Å². The number of hydrogen-bond donors (Lipinski definition) is 1. The van der Waals surface area contributed by atoms with Crippen LogP contribution in [-0.4, -0.2) is 36.7 Å². The summed E-state index contributed by atoms with van der Waals surface area (Å²) in [5.41, 5.74) is 0. The fourth-order valence-corrected chi connectivity index (χ4v) is 1.84. The minimum atomic E-state index is -3.78. The van der Waals surface area contributed by atoms with Crippen LogP contribution in [0.1, 0.15) is 12.8 Å². The van der Waals surface area contributed by atoms with Crippen molar-refractivity contribution in [2.45, 2.75) is 12.8 Å². The zero-order valence-electron chi connectivity index (χ0n) is 8.37. The maximum Gasteiger partial charge on any atom is 0.264 e. The van der Waals surface area contributed by atoms with Crippen LogP contribution in [0.15, 0.2) is 24.4 Å². The van der Waals surface area contributed by atoms with Crippen LogP contribution in [0.25, 0.3) is 0 Å². The standard InChI is InChI=1S/C9H15NO3S.ClH/c11-14(12,13)9-5-4-8-10-6-2-1-3-7-10;/h1-3,6H,4-5,7-9H2,(H,11,12,13);1H. The highest BCUT2D eigenvalue weighted by atomic mass is 35.5. The number of rotatable bonds is 5. The van der Waals surface area contributed by atoms with Crippen molar-refractivity contribution >= 4 is 22.5 Å². The maximum atomic E-state index is 10.4. The first-order valence-corrected chi connectivity index (χ1v) is 6.21. The van der Waals surface area contributed by atoms with Gasteiger partial charge in [-0.05, 0) is 25.1 Å². The molecule has 0 atom stereocenters. The predicted molar refractivity (Wildman–Crippen MR) is 62.8 cm³/mol. The molecule has 0 aliphatic carbocycles. The summed E-state index contributed by atoms with van der Waals surface area (Å²) in [4.78, 5) is 2.10. The molecule has 0 aromatic rings. The molecule has 0 unspecified atom stereocenters. The Bertz CT molecular complexity index is 324. The zero-order chi connectivity index (χ0) is 10.4. The molecule has 1 aliphatic heterocycles. The lowest BCUT2D eigenvalue weighted by Crippen LogP contribution is -2.20. The van der Waals surface area contributed by atoms with E-state index in [1.807, 2.05) is 24.4 Å². The van der Waals surface area contributed by atoms with Gasteiger partial charge in [0.15, 0.2) is 0 Å². The molecule has 1 N–H and O–H groups in total. The van der Waals surface area contributed by atoms with Crippen LogP contribution in [0.3, 0.4) is 0 Å². The Balaban J connectivity index is 0.00000196. The summed E-state index contributed by atoms with van der Waals surface area (Å²) in [5.74, 6) is -0.138. The van der Waals surface area contributed by atoms with Gasteiger partial charge in [-0.1, -0.05) is 12.2 Å². The summed E-state index contributed by atoms with van der Waals surface area (Å²) in [6.45, 7) is 1.71. The Kier molecular flexibility index (Phi) is 6.63. The highest BCUT2D eigenvalue weighted by molar-refractivity contribution is 7.85. The van der Waals surface area contributed by atoms with E-state index in [2.05, 4.69) is 4.90 Å². The SMILES string of the molecule is Cl.O=S(=O)(O)CCCCN1C=CC=CC1. The van der Waals surface area contributed by atoms with Crippen LogP contribution in [0.4, 0.5) is 0 Å². The van der Waals surface area contributed by atoms with E-state index in [4.69, 9.17) is 4.55 Å². The van der Waals surface area contributed by atoms with E-state index < -0.39 is 10.1 Å². The molecule has 0 radical (unpaired) electrons. The molecular weight excluding hydrogens is 238 g/mol. The first-order valence-electron chi connectivity index (χ1n) is 4.60. The van der Waals surface area contributed by atoms with Crippen LogP contribution >= 0.6 is 12.4 Å². The fraction of sp³-hybridized carbons (Fsp3) is 0.556. The van der Waals surface area contributed by atoms with E-state index in [0.29, 0.717) is 6.42 Å². The van der Waals surface area contributed by atoms with E-state index in [-0.39, 0.29) is 18.2 Å². The quantitative estimate of drug-likeness (QED) is 0.595. The minimum Gasteiger partial charge on any atom is -0.374 e. The molecule has 0 saturated carbocycles. The third-order valence-electron chi connectivity index (χ3n) is 1.98. The lowest BCUT2D eigenvalue weighted by molar-refractivity contribution is 0.399. The van der Waals surface area contributed by atoms with E-state index in [0.717, 1.165) is 19.5 Å². The maximum absolute atomic E-state index is 10.4. The summed E-state index contributed by atoms with van der Waals surface area (Å²) >= 11 is 0. The van der Waals surface area contributed by atoms with Gasteiger partial charge < -0.3 is 4.90 Å². The summed E-state index contributed by atoms with van der Waals surface area (Å²) in [5, 5.41) is 0. The van der Waals surface area contributed by atoms with Crippen LogP contribution in [0.5, 0.6) is 0 Å². The van der Waals surface area contributed by atoms with Gasteiger partial charge in [0.2, 0.25) is 0 Å². The molecule has 0 amide bonds. The second-order valence-corrected chi connectivity index (χ2v) is 4.83. The molecule has 4 nitrogen and oxygen atoms in total. The van der Waals surface area contributed by atoms with Crippen LogP contribution < -0.4 is 0 Å². The highest BCUT2D eigenvalue weighted by Gasteiger charge is 2.04. The smallest absolute Gasteiger partial charge is 0.264 e. The molecule has 0 bridgehead atoms. The van der Waals surface area contributed by atoms with Crippen molar-refractivity contribution in [2.75, 3.05) is 18.8 Å². The van der Waals surface area contributed by atoms with Crippen LogP contribution in [0.2, 0.25) is 0 Å². The van der Waals surface area contributed by atoms with Crippen molar-refractivity contribution in [1.29, 1.82) is 0 Å². The lowest BCUT2D eigenvalue weighted by atomic mass is 10.3. The third-order valence-corrected chi connectivity index (χ3v) is 2.79. The topological polar surface area (TPSA) is 57.6 Å². The molecule has 0 aromatic heterocycles. The highest BCUT2D eigenvalue weighted by Crippen LogP contribution is 2.02. The molecule has 1 rings (SSSR count). The Morgan fingerprint density at radius 1 is 1.27 bits per heavy atom. The van der Waals surface area contributed by atoms with Crippen LogP contribution in [-0.2, 0) is 10.1 Å². The second kappa shape index (κ2) is 6.87. The van der Waals surface area contributed by atoms with Crippen molar-refractivity contribution in [3.8, 4) is 0 Å². The molecule has 0 aromatic carbocycles. The van der Waals surface area contributed by atoms with Gasteiger partial charge in [-0.3, -0.25) is 4.55 Å². The van der Waals surface area contributed by atoms with Crippen molar-refractivity contribution in [2.24, 2.45) is 0 Å². The Labute approximate surface area is 96.8 Å². The average Bonchev–Trinajstić information content (AvgIpc) is 2.13. The van der Waals surface area contributed by atoms with Gasteiger partial charge in [0, 0.05) is 13.1 Å². The van der Waals surface area contributed by atoms with Crippen molar-refractivity contribution in [3.63, 3.8) is 0 Å². The van der Waals surface area contributed by atoms with Crippen molar-refractivity contribution in [1.82, 2.24) is 4.90 Å². The summed E-state index contributed by atoms with van der Waals surface area (Å²) < 4.78 is 29.3. The molecule has 0 fully saturated rings. The van der Waals surface area contributed by atoms with Gasteiger partial charge in [0.05, 0.1) is 5.75 Å². The molecule has 0 saturated heterocycles. The zero-order valence-corrected chi connectivity index (χ0v) is 10.0. The molecule has 1 heterocycles. The molecule has 0 spiro atoms. The largest absolute Gasteiger partial charge is 0.374 e. The molecular formula is C9H16ClNO3S. The lowest BCUT2D eigenvalue weighted by Gasteiger charge is -2.19. The third kappa shape index (κ3) is 7.41. The number of hydrogen-bond acceptors (Lipinski definition) is 3. The van der Waals surface area contributed by atoms with Crippen molar-refractivity contribution in [3.05, 3.63) is 24.4 Å². The molecule has 6 heteroatoms. The first-order chi connectivity index (χ1) is 6.58. The van der Waals surface area contributed by atoms with E-state index >= 15 is 0 Å². The predicted octanol–water partition coefficient (Wildman–Crippen LogP) is 1.46. The fourth-order valence-electron chi connectivity index (χ4n) is 1.27. The number of halogens is 1. The Morgan fingerprint density at radius 2 is 2.00 bits per heavy atom. The Morgan fingerprint density at radius 3 is 2.53 bits per heavy atom. The van der Waals surface area contributed by atoms with E-state index in [9.17, 15) is 8.42 Å². The molecule has 88 valence electrons. The van der Waals surface area contributed by atoms with Gasteiger partial charge in [-0.25, -0.2) is 0 Å². The number of allylic oxidation sites excluding steroid dienone is 2. The summed E-state index contributed by atoms with van der Waals surface area (Å²) in [7, 11) is -3.78. The monoisotopic (exact) mass is 253 g/mol. The Hall–Kier alpha value is -0.520. The summed E-state index contributed by atoms with van der Waals surface area (Å²) in [6, 6.07) is 0. The van der Waals surface area contributed by atoms with Crippen molar-refractivity contribution < 1.29 is 13.0 Å². The normalized spacial score (nSPS) is 15.1. The first kappa shape index (κ1) is 14.5.